The first-order valence-electron chi connectivity index (χ1n) is 10.1. The Balaban J connectivity index is 2.16. The molecule has 1 atom stereocenters. The zero-order valence-corrected chi connectivity index (χ0v) is 18.2. The molecule has 0 aliphatic heterocycles. The van der Waals surface area contributed by atoms with E-state index in [1.165, 1.54) is 50.2 Å². The number of hydrogen-bond acceptors (Lipinski definition) is 4. The molecule has 0 bridgehead atoms. The summed E-state index contributed by atoms with van der Waals surface area (Å²) in [6, 6.07) is 10.3. The summed E-state index contributed by atoms with van der Waals surface area (Å²) >= 11 is 0. The van der Waals surface area contributed by atoms with Gasteiger partial charge in [-0.05, 0) is 56.2 Å². The van der Waals surface area contributed by atoms with Gasteiger partial charge in [0.2, 0.25) is 0 Å². The van der Waals surface area contributed by atoms with E-state index in [-0.39, 0.29) is 28.9 Å². The number of aromatic nitrogens is 2. The number of nitrogens with zero attached hydrogens (tertiary/aromatic N) is 2. The van der Waals surface area contributed by atoms with E-state index in [2.05, 4.69) is 5.10 Å². The molecule has 1 aromatic heterocycles. The van der Waals surface area contributed by atoms with Crippen molar-refractivity contribution in [1.82, 2.24) is 9.78 Å². The van der Waals surface area contributed by atoms with Gasteiger partial charge in [0.05, 0.1) is 28.1 Å². The molecule has 33 heavy (non-hydrogen) atoms. The molecule has 1 N–H and O–H groups in total. The van der Waals surface area contributed by atoms with Crippen molar-refractivity contribution in [2.45, 2.75) is 39.0 Å². The van der Waals surface area contributed by atoms with Gasteiger partial charge in [-0.3, -0.25) is 9.59 Å². The van der Waals surface area contributed by atoms with Crippen LogP contribution in [-0.2, 0) is 6.18 Å². The van der Waals surface area contributed by atoms with Gasteiger partial charge in [-0.1, -0.05) is 25.1 Å². The van der Waals surface area contributed by atoms with Crippen molar-refractivity contribution in [2.75, 3.05) is 0 Å². The molecule has 0 spiro atoms. The number of benzene rings is 2. The summed E-state index contributed by atoms with van der Waals surface area (Å²) < 4.78 is 53.4. The van der Waals surface area contributed by atoms with E-state index < -0.39 is 40.4 Å². The van der Waals surface area contributed by atoms with E-state index in [4.69, 9.17) is 0 Å². The fourth-order valence-corrected chi connectivity index (χ4v) is 3.09. The Hall–Kier alpha value is -3.33. The second-order valence-electron chi connectivity index (χ2n) is 8.40. The lowest BCUT2D eigenvalue weighted by atomic mass is 9.87. The maximum atomic E-state index is 13.8. The summed E-state index contributed by atoms with van der Waals surface area (Å²) in [5, 5.41) is 14.3. The quantitative estimate of drug-likeness (QED) is 0.412. The Bertz CT molecular complexity index is 1230. The summed E-state index contributed by atoms with van der Waals surface area (Å²) in [5.41, 5.74) is -2.76. The first-order chi connectivity index (χ1) is 15.3. The fourth-order valence-electron chi connectivity index (χ4n) is 3.09. The number of Topliss-reactive ketones (excluding diaryl/α,β-unsaturated/α-hetero) is 1. The molecule has 0 fully saturated rings. The van der Waals surface area contributed by atoms with E-state index in [9.17, 15) is 32.3 Å². The predicted octanol–water partition coefficient (Wildman–Crippen LogP) is 5.04. The second kappa shape index (κ2) is 8.90. The standard InChI is InChI=1S/C24H22F4N2O3/c1-14(23(2,3)33)11-21(31)19-13-20(15-7-9-16(10-8-15)24(26,27)28)29-30(22(19)32)18-6-4-5-17(25)12-18/h4-10,12-14,33H,11H2,1-3H3/t14-/m1/s1. The Morgan fingerprint density at radius 1 is 1.09 bits per heavy atom. The molecule has 0 radical (unpaired) electrons. The van der Waals surface area contributed by atoms with Crippen LogP contribution in [0, 0.1) is 11.7 Å². The van der Waals surface area contributed by atoms with Crippen LogP contribution in [0.5, 0.6) is 0 Å². The largest absolute Gasteiger partial charge is 0.416 e. The van der Waals surface area contributed by atoms with Gasteiger partial charge in [0.15, 0.2) is 5.78 Å². The highest BCUT2D eigenvalue weighted by atomic mass is 19.4. The van der Waals surface area contributed by atoms with Crippen molar-refractivity contribution in [2.24, 2.45) is 5.92 Å². The average Bonchev–Trinajstić information content (AvgIpc) is 2.72. The minimum atomic E-state index is -4.53. The minimum Gasteiger partial charge on any atom is -0.390 e. The molecule has 0 unspecified atom stereocenters. The van der Waals surface area contributed by atoms with Crippen LogP contribution in [0.4, 0.5) is 17.6 Å². The molecule has 0 saturated carbocycles. The van der Waals surface area contributed by atoms with Crippen molar-refractivity contribution in [3.8, 4) is 16.9 Å². The molecule has 3 rings (SSSR count). The zero-order valence-electron chi connectivity index (χ0n) is 18.2. The van der Waals surface area contributed by atoms with Crippen molar-refractivity contribution < 1.29 is 27.5 Å². The maximum Gasteiger partial charge on any atom is 0.416 e. The molecule has 0 saturated heterocycles. The van der Waals surface area contributed by atoms with Gasteiger partial charge >= 0.3 is 6.18 Å². The number of ketones is 1. The topological polar surface area (TPSA) is 72.2 Å². The first-order valence-corrected chi connectivity index (χ1v) is 10.1. The number of carbonyl (C=O) groups is 1. The van der Waals surface area contributed by atoms with E-state index >= 15 is 0 Å². The molecule has 0 amide bonds. The second-order valence-corrected chi connectivity index (χ2v) is 8.40. The smallest absolute Gasteiger partial charge is 0.390 e. The van der Waals surface area contributed by atoms with Crippen LogP contribution in [0.3, 0.4) is 0 Å². The fraction of sp³-hybridized carbons (Fsp3) is 0.292. The van der Waals surface area contributed by atoms with E-state index in [0.717, 1.165) is 22.9 Å². The third kappa shape index (κ3) is 5.54. The lowest BCUT2D eigenvalue weighted by Crippen LogP contribution is -2.33. The summed E-state index contributed by atoms with van der Waals surface area (Å²) in [6.07, 6.45) is -4.68. The Labute approximate surface area is 187 Å². The van der Waals surface area contributed by atoms with Crippen molar-refractivity contribution in [1.29, 1.82) is 0 Å². The van der Waals surface area contributed by atoms with Gasteiger partial charge in [-0.2, -0.15) is 23.0 Å². The van der Waals surface area contributed by atoms with Crippen molar-refractivity contribution in [3.05, 3.63) is 81.9 Å². The Morgan fingerprint density at radius 3 is 2.27 bits per heavy atom. The molecular formula is C24H22F4N2O3. The highest BCUT2D eigenvalue weighted by Crippen LogP contribution is 2.31. The molecule has 2 aromatic carbocycles. The van der Waals surface area contributed by atoms with Crippen LogP contribution in [0.2, 0.25) is 0 Å². The number of alkyl halides is 3. The molecule has 9 heteroatoms. The van der Waals surface area contributed by atoms with Crippen LogP contribution >= 0.6 is 0 Å². The third-order valence-corrected chi connectivity index (χ3v) is 5.47. The van der Waals surface area contributed by atoms with Gasteiger partial charge in [0, 0.05) is 12.0 Å². The molecule has 0 aliphatic carbocycles. The van der Waals surface area contributed by atoms with Gasteiger partial charge in [0.25, 0.3) is 5.56 Å². The normalized spacial score (nSPS) is 13.1. The van der Waals surface area contributed by atoms with E-state index in [0.29, 0.717) is 0 Å². The number of carbonyl (C=O) groups excluding carboxylic acids is 1. The molecule has 3 aromatic rings. The first kappa shape index (κ1) is 24.3. The number of aliphatic hydroxyl groups is 1. The number of hydrogen-bond donors (Lipinski definition) is 1. The van der Waals surface area contributed by atoms with Crippen molar-refractivity contribution in [3.63, 3.8) is 0 Å². The zero-order chi connectivity index (χ0) is 24.6. The SMILES string of the molecule is C[C@H](CC(=O)c1cc(-c2ccc(C(F)(F)F)cc2)nn(-c2cccc(F)c2)c1=O)C(C)(C)O. The van der Waals surface area contributed by atoms with Crippen LogP contribution in [0.15, 0.2) is 59.4 Å². The molecular weight excluding hydrogens is 440 g/mol. The van der Waals surface area contributed by atoms with Crippen LogP contribution in [-0.4, -0.2) is 26.3 Å². The number of halogens is 4. The maximum absolute atomic E-state index is 13.8. The summed E-state index contributed by atoms with van der Waals surface area (Å²) in [4.78, 5) is 26.0. The van der Waals surface area contributed by atoms with E-state index in [1.54, 1.807) is 6.92 Å². The monoisotopic (exact) mass is 462 g/mol. The summed E-state index contributed by atoms with van der Waals surface area (Å²) in [7, 11) is 0. The summed E-state index contributed by atoms with van der Waals surface area (Å²) in [5.74, 6) is -1.70. The van der Waals surface area contributed by atoms with Gasteiger partial charge < -0.3 is 5.11 Å². The average molecular weight is 462 g/mol. The van der Waals surface area contributed by atoms with Crippen LogP contribution in [0.25, 0.3) is 16.9 Å². The summed E-state index contributed by atoms with van der Waals surface area (Å²) in [6.45, 7) is 4.73. The minimum absolute atomic E-state index is 0.0540. The van der Waals surface area contributed by atoms with Gasteiger partial charge in [-0.15, -0.1) is 0 Å². The third-order valence-electron chi connectivity index (χ3n) is 5.47. The molecule has 5 nitrogen and oxygen atoms in total. The lowest BCUT2D eigenvalue weighted by molar-refractivity contribution is -0.137. The van der Waals surface area contributed by atoms with Crippen LogP contribution < -0.4 is 5.56 Å². The highest BCUT2D eigenvalue weighted by Gasteiger charge is 2.30. The number of rotatable bonds is 6. The predicted molar refractivity (Wildman–Crippen MR) is 115 cm³/mol. The Kier molecular flexibility index (Phi) is 6.56. The van der Waals surface area contributed by atoms with Crippen molar-refractivity contribution >= 4 is 5.78 Å². The Morgan fingerprint density at radius 2 is 1.73 bits per heavy atom. The highest BCUT2D eigenvalue weighted by molar-refractivity contribution is 5.96. The van der Waals surface area contributed by atoms with Gasteiger partial charge in [-0.25, -0.2) is 4.39 Å². The lowest BCUT2D eigenvalue weighted by Gasteiger charge is -2.25. The van der Waals surface area contributed by atoms with Gasteiger partial charge in [0.1, 0.15) is 5.82 Å². The van der Waals surface area contributed by atoms with E-state index in [1.807, 2.05) is 0 Å². The molecule has 174 valence electrons. The molecule has 0 aliphatic rings. The van der Waals surface area contributed by atoms with Crippen LogP contribution in [0.1, 0.15) is 43.1 Å². The molecule has 1 heterocycles.